The van der Waals surface area contributed by atoms with Gasteiger partial charge in [0.25, 0.3) is 5.91 Å². The normalized spacial score (nSPS) is 12.1. The van der Waals surface area contributed by atoms with Crippen molar-refractivity contribution >= 4 is 5.91 Å². The van der Waals surface area contributed by atoms with Crippen LogP contribution in [0.5, 0.6) is 5.75 Å². The third-order valence-electron chi connectivity index (χ3n) is 5.51. The number of hydrogen-bond acceptors (Lipinski definition) is 2. The van der Waals surface area contributed by atoms with Crippen LogP contribution >= 0.6 is 0 Å². The van der Waals surface area contributed by atoms with E-state index in [0.29, 0.717) is 12.5 Å². The van der Waals surface area contributed by atoms with Crippen molar-refractivity contribution in [2.24, 2.45) is 0 Å². The van der Waals surface area contributed by atoms with Crippen LogP contribution < -0.4 is 4.74 Å². The van der Waals surface area contributed by atoms with E-state index >= 15 is 0 Å². The third kappa shape index (κ3) is 8.77. The largest absolute Gasteiger partial charge is 0.493 e. The molecule has 0 N–H and O–H groups in total. The minimum Gasteiger partial charge on any atom is -0.493 e. The molecule has 0 aliphatic carbocycles. The Morgan fingerprint density at radius 1 is 1.00 bits per heavy atom. The molecule has 4 heteroatoms. The lowest BCUT2D eigenvalue weighted by Gasteiger charge is -2.35. The van der Waals surface area contributed by atoms with Gasteiger partial charge in [0.05, 0.1) is 27.2 Å². The Morgan fingerprint density at radius 2 is 1.62 bits per heavy atom. The van der Waals surface area contributed by atoms with Gasteiger partial charge in [-0.3, -0.25) is 4.79 Å². The van der Waals surface area contributed by atoms with Gasteiger partial charge in [-0.1, -0.05) is 26.0 Å². The van der Waals surface area contributed by atoms with E-state index in [-0.39, 0.29) is 18.0 Å². The predicted octanol–water partition coefficient (Wildman–Crippen LogP) is 5.39. The molecule has 0 bridgehead atoms. The minimum atomic E-state index is 0.248. The summed E-state index contributed by atoms with van der Waals surface area (Å²) in [4.78, 5) is 14.7. The summed E-state index contributed by atoms with van der Waals surface area (Å²) >= 11 is 0. The van der Waals surface area contributed by atoms with Gasteiger partial charge in [-0.2, -0.15) is 0 Å². The van der Waals surface area contributed by atoms with Crippen LogP contribution in [-0.2, 0) is 4.79 Å². The first-order valence-corrected chi connectivity index (χ1v) is 11.3. The molecule has 0 aliphatic rings. The lowest BCUT2D eigenvalue weighted by Crippen LogP contribution is -2.52. The van der Waals surface area contributed by atoms with Gasteiger partial charge in [0.2, 0.25) is 0 Å². The third-order valence-corrected chi connectivity index (χ3v) is 5.51. The summed E-state index contributed by atoms with van der Waals surface area (Å²) in [6, 6.07) is 7.02. The topological polar surface area (TPSA) is 29.5 Å². The number of benzene rings is 1. The zero-order valence-electron chi connectivity index (χ0n) is 20.4. The highest BCUT2D eigenvalue weighted by atomic mass is 16.5. The summed E-state index contributed by atoms with van der Waals surface area (Å²) in [5, 5.41) is 0. The number of carbonyl (C=O) groups excluding carboxylic acids is 1. The lowest BCUT2D eigenvalue weighted by atomic mass is 10.0. The molecule has 0 spiro atoms. The minimum absolute atomic E-state index is 0.248. The van der Waals surface area contributed by atoms with Crippen LogP contribution in [0.1, 0.15) is 77.8 Å². The van der Waals surface area contributed by atoms with E-state index in [4.69, 9.17) is 4.74 Å². The van der Waals surface area contributed by atoms with Crippen LogP contribution in [0, 0.1) is 6.92 Å². The lowest BCUT2D eigenvalue weighted by molar-refractivity contribution is -0.883. The van der Waals surface area contributed by atoms with Crippen molar-refractivity contribution < 1.29 is 14.0 Å². The number of carbonyl (C=O) groups is 1. The van der Waals surface area contributed by atoms with E-state index in [9.17, 15) is 4.79 Å². The van der Waals surface area contributed by atoms with E-state index in [1.807, 2.05) is 4.90 Å². The van der Waals surface area contributed by atoms with Gasteiger partial charge in [0.15, 0.2) is 6.54 Å². The second-order valence-corrected chi connectivity index (χ2v) is 9.89. The molecular weight excluding hydrogens is 360 g/mol. The Bertz CT molecular complexity index is 628. The van der Waals surface area contributed by atoms with Gasteiger partial charge in [-0.25, -0.2) is 0 Å². The average molecular weight is 406 g/mol. The van der Waals surface area contributed by atoms with Crippen molar-refractivity contribution in [1.82, 2.24) is 4.90 Å². The summed E-state index contributed by atoms with van der Waals surface area (Å²) in [5.41, 5.74) is 2.52. The van der Waals surface area contributed by atoms with Crippen LogP contribution in [0.15, 0.2) is 18.2 Å². The molecule has 0 fully saturated rings. The fourth-order valence-electron chi connectivity index (χ4n) is 3.83. The monoisotopic (exact) mass is 405 g/mol. The second-order valence-electron chi connectivity index (χ2n) is 9.89. The maximum absolute atomic E-state index is 12.7. The van der Waals surface area contributed by atoms with Gasteiger partial charge in [-0.05, 0) is 77.0 Å². The number of likely N-dealkylation sites (N-methyl/N-ethyl adjacent to an activating group) is 1. The summed E-state index contributed by atoms with van der Waals surface area (Å²) in [6.07, 6.45) is 3.28. The molecule has 1 amide bonds. The maximum atomic E-state index is 12.7. The van der Waals surface area contributed by atoms with Gasteiger partial charge in [0.1, 0.15) is 5.75 Å². The van der Waals surface area contributed by atoms with E-state index in [1.54, 1.807) is 0 Å². The van der Waals surface area contributed by atoms with Crippen LogP contribution in [0.4, 0.5) is 0 Å². The summed E-state index contributed by atoms with van der Waals surface area (Å²) < 4.78 is 6.78. The molecule has 1 rings (SSSR count). The molecule has 29 heavy (non-hydrogen) atoms. The zero-order chi connectivity index (χ0) is 22.2. The Morgan fingerprint density at radius 3 is 2.17 bits per heavy atom. The number of nitrogens with zero attached hydrogens (tertiary/aromatic N) is 2. The fraction of sp³-hybridized carbons (Fsp3) is 0.720. The molecule has 0 atom stereocenters. The van der Waals surface area contributed by atoms with Gasteiger partial charge in [-0.15, -0.1) is 0 Å². The number of rotatable bonds is 12. The zero-order valence-corrected chi connectivity index (χ0v) is 20.4. The maximum Gasteiger partial charge on any atom is 0.278 e. The smallest absolute Gasteiger partial charge is 0.278 e. The average Bonchev–Trinajstić information content (AvgIpc) is 2.57. The molecular formula is C25H45N2O2+. The van der Waals surface area contributed by atoms with E-state index in [2.05, 4.69) is 80.8 Å². The van der Waals surface area contributed by atoms with Crippen molar-refractivity contribution in [3.05, 3.63) is 29.3 Å². The number of amides is 1. The molecule has 0 aliphatic heterocycles. The van der Waals surface area contributed by atoms with Crippen molar-refractivity contribution in [3.63, 3.8) is 0 Å². The van der Waals surface area contributed by atoms with E-state index < -0.39 is 0 Å². The molecule has 0 heterocycles. The Hall–Kier alpha value is -1.55. The van der Waals surface area contributed by atoms with Crippen molar-refractivity contribution in [1.29, 1.82) is 0 Å². The highest BCUT2D eigenvalue weighted by Gasteiger charge is 2.27. The van der Waals surface area contributed by atoms with Crippen LogP contribution in [0.3, 0.4) is 0 Å². The number of aryl methyl sites for hydroxylation is 1. The van der Waals surface area contributed by atoms with Gasteiger partial charge >= 0.3 is 0 Å². The summed E-state index contributed by atoms with van der Waals surface area (Å²) in [5.74, 6) is 1.78. The Kier molecular flexibility index (Phi) is 10.2. The first-order chi connectivity index (χ1) is 13.4. The first kappa shape index (κ1) is 25.5. The molecule has 1 aromatic rings. The van der Waals surface area contributed by atoms with Crippen LogP contribution in [0.25, 0.3) is 0 Å². The molecule has 0 unspecified atom stereocenters. The molecule has 0 saturated carbocycles. The Labute approximate surface area is 179 Å². The Balaban J connectivity index is 2.38. The van der Waals surface area contributed by atoms with Crippen molar-refractivity contribution in [2.75, 3.05) is 33.8 Å². The highest BCUT2D eigenvalue weighted by Crippen LogP contribution is 2.24. The predicted molar refractivity (Wildman–Crippen MR) is 124 cm³/mol. The van der Waals surface area contributed by atoms with E-state index in [0.717, 1.165) is 42.6 Å². The standard InChI is InChI=1S/C25H45N2O2/c1-19(2)23-14-13-22(7)24(17-23)29-16-12-10-11-15-27(8,9)18-25(28)26(20(3)4)21(5)6/h13-14,17,19-21H,10-12,15-16,18H2,1-9H3/q+1. The van der Waals surface area contributed by atoms with Crippen molar-refractivity contribution in [3.8, 4) is 5.75 Å². The SMILES string of the molecule is Cc1ccc(C(C)C)cc1OCCCCC[N+](C)(C)CC(=O)N(C(C)C)C(C)C. The summed E-state index contributed by atoms with van der Waals surface area (Å²) in [6.45, 7) is 17.2. The molecule has 0 radical (unpaired) electrons. The second kappa shape index (κ2) is 11.6. The van der Waals surface area contributed by atoms with Crippen LogP contribution in [-0.4, -0.2) is 61.2 Å². The number of quaternary nitrogens is 1. The molecule has 1 aromatic carbocycles. The number of ether oxygens (including phenoxy) is 1. The fourth-order valence-corrected chi connectivity index (χ4v) is 3.83. The molecule has 0 saturated heterocycles. The molecule has 0 aromatic heterocycles. The quantitative estimate of drug-likeness (QED) is 0.345. The first-order valence-electron chi connectivity index (χ1n) is 11.3. The van der Waals surface area contributed by atoms with Crippen LogP contribution in [0.2, 0.25) is 0 Å². The summed E-state index contributed by atoms with van der Waals surface area (Å²) in [7, 11) is 4.32. The molecule has 166 valence electrons. The molecule has 4 nitrogen and oxygen atoms in total. The van der Waals surface area contributed by atoms with Crippen molar-refractivity contribution in [2.45, 2.75) is 85.7 Å². The number of unbranched alkanes of at least 4 members (excludes halogenated alkanes) is 2. The van der Waals surface area contributed by atoms with Gasteiger partial charge in [0, 0.05) is 12.1 Å². The number of hydrogen-bond donors (Lipinski definition) is 0. The van der Waals surface area contributed by atoms with E-state index in [1.165, 1.54) is 11.1 Å². The van der Waals surface area contributed by atoms with Gasteiger partial charge < -0.3 is 14.1 Å². The highest BCUT2D eigenvalue weighted by molar-refractivity contribution is 5.77.